The zero-order chi connectivity index (χ0) is 21.5. The number of nitrogens with one attached hydrogen (secondary N) is 2. The number of nitrogens with zero attached hydrogens (tertiary/aromatic N) is 2. The van der Waals surface area contributed by atoms with Crippen LogP contribution in [0.15, 0.2) is 42.5 Å². The summed E-state index contributed by atoms with van der Waals surface area (Å²) < 4.78 is 0. The number of imide groups is 1. The Bertz CT molecular complexity index is 1050. The summed E-state index contributed by atoms with van der Waals surface area (Å²) in [5.74, 6) is -0.812. The average Bonchev–Trinajstić information content (AvgIpc) is 3.06. The molecule has 0 aliphatic carbocycles. The largest absolute Gasteiger partial charge is 0.381 e. The number of anilines is 2. The van der Waals surface area contributed by atoms with E-state index in [4.69, 9.17) is 5.73 Å². The third-order valence-electron chi connectivity index (χ3n) is 6.23. The minimum atomic E-state index is -0.585. The monoisotopic (exact) mass is 419 g/mol. The van der Waals surface area contributed by atoms with E-state index in [0.29, 0.717) is 25.1 Å². The summed E-state index contributed by atoms with van der Waals surface area (Å²) in [5.41, 5.74) is 10.7. The van der Waals surface area contributed by atoms with Crippen LogP contribution in [0.25, 0.3) is 0 Å². The van der Waals surface area contributed by atoms with E-state index in [2.05, 4.69) is 39.8 Å². The van der Waals surface area contributed by atoms with Crippen molar-refractivity contribution in [2.45, 2.75) is 38.0 Å². The molecule has 8 heteroatoms. The van der Waals surface area contributed by atoms with Gasteiger partial charge in [-0.3, -0.25) is 19.7 Å². The van der Waals surface area contributed by atoms with E-state index in [9.17, 15) is 14.4 Å². The number of rotatable bonds is 5. The van der Waals surface area contributed by atoms with Crippen LogP contribution in [0.1, 0.15) is 34.3 Å². The van der Waals surface area contributed by atoms with Crippen LogP contribution in [-0.2, 0) is 22.7 Å². The van der Waals surface area contributed by atoms with Crippen LogP contribution in [0.3, 0.4) is 0 Å². The number of amides is 3. The maximum absolute atomic E-state index is 12.8. The van der Waals surface area contributed by atoms with Gasteiger partial charge in [-0.05, 0) is 47.9 Å². The van der Waals surface area contributed by atoms with Gasteiger partial charge in [-0.1, -0.05) is 12.1 Å². The van der Waals surface area contributed by atoms with Gasteiger partial charge in [0.15, 0.2) is 0 Å². The van der Waals surface area contributed by atoms with E-state index >= 15 is 0 Å². The molecule has 0 bridgehead atoms. The maximum atomic E-state index is 12.8. The number of carbonyl (C=O) groups is 3. The normalized spacial score (nSPS) is 21.1. The van der Waals surface area contributed by atoms with Crippen molar-refractivity contribution >= 4 is 29.1 Å². The Hall–Kier alpha value is -3.39. The number of nitrogens with two attached hydrogens (primary N) is 1. The maximum Gasteiger partial charge on any atom is 0.255 e. The Kier molecular flexibility index (Phi) is 4.86. The second-order valence-corrected chi connectivity index (χ2v) is 8.46. The predicted octanol–water partition coefficient (Wildman–Crippen LogP) is 1.21. The predicted molar refractivity (Wildman–Crippen MR) is 116 cm³/mol. The molecule has 1 unspecified atom stereocenters. The highest BCUT2D eigenvalue weighted by molar-refractivity contribution is 6.05. The van der Waals surface area contributed by atoms with Gasteiger partial charge in [-0.2, -0.15) is 0 Å². The Morgan fingerprint density at radius 2 is 1.84 bits per heavy atom. The highest BCUT2D eigenvalue weighted by Crippen LogP contribution is 2.28. The molecule has 0 saturated carbocycles. The fourth-order valence-electron chi connectivity index (χ4n) is 4.46. The molecular weight excluding hydrogens is 394 g/mol. The summed E-state index contributed by atoms with van der Waals surface area (Å²) in [4.78, 5) is 40.2. The number of hydrogen-bond donors (Lipinski definition) is 3. The van der Waals surface area contributed by atoms with Crippen molar-refractivity contribution in [3.8, 4) is 0 Å². The summed E-state index contributed by atoms with van der Waals surface area (Å²) in [6.45, 7) is 2.82. The van der Waals surface area contributed by atoms with E-state index in [1.54, 1.807) is 4.90 Å². The van der Waals surface area contributed by atoms with Gasteiger partial charge in [0.25, 0.3) is 5.91 Å². The quantitative estimate of drug-likeness (QED) is 0.629. The molecule has 3 aliphatic heterocycles. The van der Waals surface area contributed by atoms with Crippen molar-refractivity contribution in [3.63, 3.8) is 0 Å². The highest BCUT2D eigenvalue weighted by atomic mass is 16.2. The molecule has 4 N–H and O–H groups in total. The van der Waals surface area contributed by atoms with Crippen molar-refractivity contribution in [2.24, 2.45) is 5.73 Å². The summed E-state index contributed by atoms with van der Waals surface area (Å²) in [6.07, 6.45) is 0.632. The smallest absolute Gasteiger partial charge is 0.255 e. The van der Waals surface area contributed by atoms with E-state index in [-0.39, 0.29) is 30.2 Å². The lowest BCUT2D eigenvalue weighted by Crippen LogP contribution is -2.55. The number of hydrogen-bond acceptors (Lipinski definition) is 6. The van der Waals surface area contributed by atoms with Gasteiger partial charge in [0, 0.05) is 55.6 Å². The molecule has 8 nitrogen and oxygen atoms in total. The van der Waals surface area contributed by atoms with Gasteiger partial charge in [-0.25, -0.2) is 0 Å². The Labute approximate surface area is 180 Å². The van der Waals surface area contributed by atoms with Crippen LogP contribution in [0.5, 0.6) is 0 Å². The molecule has 3 amide bonds. The lowest BCUT2D eigenvalue weighted by Gasteiger charge is -2.38. The van der Waals surface area contributed by atoms with Crippen molar-refractivity contribution in [3.05, 3.63) is 59.2 Å². The third kappa shape index (κ3) is 3.74. The van der Waals surface area contributed by atoms with Crippen molar-refractivity contribution in [1.82, 2.24) is 10.2 Å². The highest BCUT2D eigenvalue weighted by Gasteiger charge is 2.39. The molecule has 5 rings (SSSR count). The first-order valence-corrected chi connectivity index (χ1v) is 10.6. The van der Waals surface area contributed by atoms with Crippen molar-refractivity contribution < 1.29 is 14.4 Å². The zero-order valence-electron chi connectivity index (χ0n) is 17.1. The fourth-order valence-corrected chi connectivity index (χ4v) is 4.46. The molecule has 0 aromatic heterocycles. The topological polar surface area (TPSA) is 108 Å². The summed E-state index contributed by atoms with van der Waals surface area (Å²) >= 11 is 0. The van der Waals surface area contributed by atoms with Gasteiger partial charge in [0.1, 0.15) is 6.04 Å². The van der Waals surface area contributed by atoms with Gasteiger partial charge >= 0.3 is 0 Å². The van der Waals surface area contributed by atoms with Crippen LogP contribution < -0.4 is 21.3 Å². The van der Waals surface area contributed by atoms with Crippen LogP contribution in [-0.4, -0.2) is 47.8 Å². The SMILES string of the molecule is NC1CN(c2ccc(NCc3ccc4c(c3)CN(C3CCC(=O)NC3=O)C4=O)cc2)C1. The Balaban J connectivity index is 1.22. The molecule has 2 saturated heterocycles. The average molecular weight is 419 g/mol. The minimum absolute atomic E-state index is 0.148. The van der Waals surface area contributed by atoms with Crippen LogP contribution in [0.4, 0.5) is 11.4 Å². The van der Waals surface area contributed by atoms with E-state index < -0.39 is 6.04 Å². The number of fused-ring (bicyclic) bond motifs is 1. The van der Waals surface area contributed by atoms with Gasteiger partial charge in [-0.15, -0.1) is 0 Å². The van der Waals surface area contributed by atoms with Crippen LogP contribution in [0.2, 0.25) is 0 Å². The first-order chi connectivity index (χ1) is 15.0. The number of benzene rings is 2. The van der Waals surface area contributed by atoms with Crippen molar-refractivity contribution in [1.29, 1.82) is 0 Å². The van der Waals surface area contributed by atoms with Gasteiger partial charge < -0.3 is 20.9 Å². The number of carbonyl (C=O) groups excluding carboxylic acids is 3. The van der Waals surface area contributed by atoms with E-state index in [1.807, 2.05) is 18.2 Å². The molecule has 2 aromatic rings. The van der Waals surface area contributed by atoms with Crippen LogP contribution in [0, 0.1) is 0 Å². The lowest BCUT2D eigenvalue weighted by molar-refractivity contribution is -0.136. The second-order valence-electron chi connectivity index (χ2n) is 8.46. The van der Waals surface area contributed by atoms with Gasteiger partial charge in [0.2, 0.25) is 11.8 Å². The number of piperidine rings is 1. The molecule has 2 aromatic carbocycles. The van der Waals surface area contributed by atoms with Gasteiger partial charge in [0.05, 0.1) is 0 Å². The molecule has 3 heterocycles. The molecule has 1 atom stereocenters. The molecule has 31 heavy (non-hydrogen) atoms. The van der Waals surface area contributed by atoms with Crippen molar-refractivity contribution in [2.75, 3.05) is 23.3 Å². The minimum Gasteiger partial charge on any atom is -0.381 e. The summed E-state index contributed by atoms with van der Waals surface area (Å²) in [5, 5.41) is 5.75. The molecular formula is C23H25N5O3. The molecule has 2 fully saturated rings. The Morgan fingerprint density at radius 1 is 1.06 bits per heavy atom. The van der Waals surface area contributed by atoms with E-state index in [1.165, 1.54) is 5.69 Å². The van der Waals surface area contributed by atoms with Crippen LogP contribution >= 0.6 is 0 Å². The second kappa shape index (κ2) is 7.70. The summed E-state index contributed by atoms with van der Waals surface area (Å²) in [7, 11) is 0. The Morgan fingerprint density at radius 3 is 2.55 bits per heavy atom. The standard InChI is InChI=1S/C23H25N5O3/c24-16-12-27(13-16)18-4-2-17(3-5-18)25-10-14-1-6-19-15(9-14)11-28(23(19)31)20-7-8-21(29)26-22(20)30/h1-6,9,16,20,25H,7-8,10-13,24H2,(H,26,29,30). The molecule has 160 valence electrons. The first-order valence-electron chi connectivity index (χ1n) is 10.6. The molecule has 0 radical (unpaired) electrons. The summed E-state index contributed by atoms with van der Waals surface area (Å²) in [6, 6.07) is 13.8. The fraction of sp³-hybridized carbons (Fsp3) is 0.348. The van der Waals surface area contributed by atoms with E-state index in [0.717, 1.165) is 29.9 Å². The third-order valence-corrected chi connectivity index (χ3v) is 6.23. The molecule has 3 aliphatic rings. The lowest BCUT2D eigenvalue weighted by atomic mass is 10.0. The molecule has 0 spiro atoms. The first kappa shape index (κ1) is 19.6. The zero-order valence-corrected chi connectivity index (χ0v) is 17.1.